The molecule has 0 saturated carbocycles. The van der Waals surface area contributed by atoms with Gasteiger partial charge in [-0.2, -0.15) is 0 Å². The van der Waals surface area contributed by atoms with Crippen molar-refractivity contribution in [2.24, 2.45) is 5.92 Å². The fourth-order valence-corrected chi connectivity index (χ4v) is 1.65. The monoisotopic (exact) mass is 199 g/mol. The van der Waals surface area contributed by atoms with E-state index in [0.717, 1.165) is 38.5 Å². The molecule has 0 radical (unpaired) electrons. The van der Waals surface area contributed by atoms with Crippen molar-refractivity contribution in [2.75, 3.05) is 0 Å². The van der Waals surface area contributed by atoms with E-state index in [1.807, 2.05) is 0 Å². The molecule has 84 valence electrons. The highest BCUT2D eigenvalue weighted by Crippen LogP contribution is 2.16. The first-order chi connectivity index (χ1) is 6.72. The van der Waals surface area contributed by atoms with Gasteiger partial charge in [0.05, 0.1) is 0 Å². The molecular formula is C12H23O2-. The number of carbonyl (C=O) groups is 1. The van der Waals surface area contributed by atoms with Crippen LogP contribution in [0.5, 0.6) is 0 Å². The molecule has 0 spiro atoms. The average molecular weight is 199 g/mol. The highest BCUT2D eigenvalue weighted by molar-refractivity contribution is 5.67. The van der Waals surface area contributed by atoms with Crippen LogP contribution in [0.2, 0.25) is 0 Å². The zero-order chi connectivity index (χ0) is 10.8. The van der Waals surface area contributed by atoms with Crippen LogP contribution in [-0.2, 0) is 4.79 Å². The van der Waals surface area contributed by atoms with Gasteiger partial charge in [0.25, 0.3) is 0 Å². The maximum absolute atomic E-state index is 10.8. The minimum Gasteiger partial charge on any atom is -0.550 e. The fourth-order valence-electron chi connectivity index (χ4n) is 1.65. The lowest BCUT2D eigenvalue weighted by atomic mass is 9.95. The second kappa shape index (κ2) is 9.04. The number of rotatable bonds is 9. The van der Waals surface area contributed by atoms with Crippen molar-refractivity contribution in [1.82, 2.24) is 0 Å². The van der Waals surface area contributed by atoms with Crippen molar-refractivity contribution in [1.29, 1.82) is 0 Å². The number of carboxylic acid groups (broad SMARTS) is 1. The van der Waals surface area contributed by atoms with E-state index in [1.165, 1.54) is 12.8 Å². The minimum absolute atomic E-state index is 0.202. The second-order valence-electron chi connectivity index (χ2n) is 4.01. The molecule has 1 atom stereocenters. The van der Waals surface area contributed by atoms with Crippen LogP contribution in [0.15, 0.2) is 0 Å². The zero-order valence-electron chi connectivity index (χ0n) is 9.55. The van der Waals surface area contributed by atoms with Gasteiger partial charge >= 0.3 is 0 Å². The molecule has 0 fully saturated rings. The Balaban J connectivity index is 3.57. The van der Waals surface area contributed by atoms with Gasteiger partial charge in [-0.15, -0.1) is 0 Å². The van der Waals surface area contributed by atoms with Crippen LogP contribution < -0.4 is 5.11 Å². The summed E-state index contributed by atoms with van der Waals surface area (Å²) >= 11 is 0. The van der Waals surface area contributed by atoms with Crippen LogP contribution in [-0.4, -0.2) is 5.97 Å². The predicted octanol–water partition coefficient (Wildman–Crippen LogP) is 2.51. The first-order valence-electron chi connectivity index (χ1n) is 5.93. The predicted molar refractivity (Wildman–Crippen MR) is 56.8 cm³/mol. The summed E-state index contributed by atoms with van der Waals surface area (Å²) in [6.45, 7) is 4.25. The molecular weight excluding hydrogens is 176 g/mol. The molecule has 14 heavy (non-hydrogen) atoms. The lowest BCUT2D eigenvalue weighted by molar-refractivity contribution is -0.312. The van der Waals surface area contributed by atoms with E-state index >= 15 is 0 Å². The van der Waals surface area contributed by atoms with Crippen molar-refractivity contribution >= 4 is 5.97 Å². The molecule has 0 heterocycles. The summed E-state index contributed by atoms with van der Waals surface area (Å²) in [4.78, 5) is 10.8. The van der Waals surface area contributed by atoms with Crippen LogP contribution in [0.25, 0.3) is 0 Å². The van der Waals surface area contributed by atoms with E-state index in [0.29, 0.717) is 0 Å². The Labute approximate surface area is 87.7 Å². The first kappa shape index (κ1) is 13.5. The zero-order valence-corrected chi connectivity index (χ0v) is 9.55. The number of unbranched alkanes of at least 4 members (excludes halogenated alkanes) is 4. The Bertz CT molecular complexity index is 143. The van der Waals surface area contributed by atoms with E-state index in [9.17, 15) is 9.90 Å². The van der Waals surface area contributed by atoms with Gasteiger partial charge < -0.3 is 9.90 Å². The molecule has 0 saturated heterocycles. The molecule has 2 heteroatoms. The largest absolute Gasteiger partial charge is 0.550 e. The Morgan fingerprint density at radius 3 is 2.07 bits per heavy atom. The summed E-state index contributed by atoms with van der Waals surface area (Å²) in [6, 6.07) is 0. The molecule has 0 aliphatic heterocycles. The number of hydrogen-bond donors (Lipinski definition) is 0. The quantitative estimate of drug-likeness (QED) is 0.535. The molecule has 0 amide bonds. The molecule has 0 aromatic heterocycles. The molecule has 0 aromatic carbocycles. The summed E-state index contributed by atoms with van der Waals surface area (Å²) < 4.78 is 0. The molecule has 0 rings (SSSR count). The summed E-state index contributed by atoms with van der Waals surface area (Å²) in [5.74, 6) is -1.05. The molecule has 0 aliphatic rings. The van der Waals surface area contributed by atoms with Gasteiger partial charge in [-0.25, -0.2) is 0 Å². The van der Waals surface area contributed by atoms with Gasteiger partial charge in [-0.1, -0.05) is 52.4 Å². The lowest BCUT2D eigenvalue weighted by Crippen LogP contribution is -2.31. The molecule has 0 bridgehead atoms. The second-order valence-corrected chi connectivity index (χ2v) is 4.01. The summed E-state index contributed by atoms with van der Waals surface area (Å²) in [5, 5.41) is 10.8. The van der Waals surface area contributed by atoms with Crippen LogP contribution in [0.4, 0.5) is 0 Å². The van der Waals surface area contributed by atoms with E-state index in [1.54, 1.807) is 0 Å². The van der Waals surface area contributed by atoms with Crippen LogP contribution >= 0.6 is 0 Å². The van der Waals surface area contributed by atoms with Gasteiger partial charge in [0.1, 0.15) is 0 Å². The number of carbonyl (C=O) groups excluding carboxylic acids is 1. The van der Waals surface area contributed by atoms with Gasteiger partial charge in [0.15, 0.2) is 0 Å². The maximum Gasteiger partial charge on any atom is 0.0445 e. The highest BCUT2D eigenvalue weighted by atomic mass is 16.4. The minimum atomic E-state index is -0.852. The Kier molecular flexibility index (Phi) is 8.70. The molecule has 0 aliphatic carbocycles. The van der Waals surface area contributed by atoms with Crippen molar-refractivity contribution in [2.45, 2.75) is 65.2 Å². The maximum atomic E-state index is 10.8. The molecule has 0 aromatic rings. The topological polar surface area (TPSA) is 40.1 Å². The summed E-state index contributed by atoms with van der Waals surface area (Å²) in [5.41, 5.74) is 0. The Morgan fingerprint density at radius 2 is 1.57 bits per heavy atom. The van der Waals surface area contributed by atoms with E-state index in [-0.39, 0.29) is 5.92 Å². The van der Waals surface area contributed by atoms with Crippen molar-refractivity contribution < 1.29 is 9.90 Å². The number of carboxylic acids is 1. The van der Waals surface area contributed by atoms with Gasteiger partial charge in [-0.3, -0.25) is 0 Å². The normalized spacial score (nSPS) is 12.7. The summed E-state index contributed by atoms with van der Waals surface area (Å²) in [7, 11) is 0. The number of aliphatic carboxylic acids is 1. The lowest BCUT2D eigenvalue weighted by Gasteiger charge is -2.17. The standard InChI is InChI=1S/C12H24O2/c1-3-5-7-8-10-11(12(13)14)9-6-4-2/h11H,3-10H2,1-2H3,(H,13,14)/p-1/t11-/m0/s1. The van der Waals surface area contributed by atoms with E-state index < -0.39 is 5.97 Å². The molecule has 0 unspecified atom stereocenters. The van der Waals surface area contributed by atoms with Crippen LogP contribution in [0.3, 0.4) is 0 Å². The van der Waals surface area contributed by atoms with Crippen molar-refractivity contribution in [3.05, 3.63) is 0 Å². The molecule has 2 nitrogen and oxygen atoms in total. The van der Waals surface area contributed by atoms with Gasteiger partial charge in [-0.05, 0) is 18.8 Å². The number of hydrogen-bond acceptors (Lipinski definition) is 2. The summed E-state index contributed by atoms with van der Waals surface area (Å²) in [6.07, 6.45) is 8.29. The SMILES string of the molecule is CCCCCC[C@H](CCCC)C(=O)[O-]. The highest BCUT2D eigenvalue weighted by Gasteiger charge is 2.08. The Hall–Kier alpha value is -0.530. The van der Waals surface area contributed by atoms with Crippen molar-refractivity contribution in [3.63, 3.8) is 0 Å². The van der Waals surface area contributed by atoms with Gasteiger partial charge in [0.2, 0.25) is 0 Å². The Morgan fingerprint density at radius 1 is 1.00 bits per heavy atom. The molecule has 0 N–H and O–H groups in total. The van der Waals surface area contributed by atoms with Crippen LogP contribution in [0, 0.1) is 5.92 Å². The third-order valence-electron chi connectivity index (χ3n) is 2.65. The van der Waals surface area contributed by atoms with Crippen molar-refractivity contribution in [3.8, 4) is 0 Å². The fraction of sp³-hybridized carbons (Fsp3) is 0.917. The van der Waals surface area contributed by atoms with Gasteiger partial charge in [0, 0.05) is 5.97 Å². The smallest absolute Gasteiger partial charge is 0.0445 e. The van der Waals surface area contributed by atoms with E-state index in [2.05, 4.69) is 13.8 Å². The average Bonchev–Trinajstić information content (AvgIpc) is 2.16. The third kappa shape index (κ3) is 6.93. The van der Waals surface area contributed by atoms with Crippen LogP contribution in [0.1, 0.15) is 65.2 Å². The van der Waals surface area contributed by atoms with E-state index in [4.69, 9.17) is 0 Å². The first-order valence-corrected chi connectivity index (χ1v) is 5.93. The third-order valence-corrected chi connectivity index (χ3v) is 2.65.